The molecule has 0 radical (unpaired) electrons. The average Bonchev–Trinajstić information content (AvgIpc) is 3.18. The van der Waals surface area contributed by atoms with Crippen LogP contribution < -0.4 is 10.1 Å². The van der Waals surface area contributed by atoms with Gasteiger partial charge in [-0.2, -0.15) is 0 Å². The Morgan fingerprint density at radius 2 is 1.93 bits per heavy atom. The molecule has 146 valence electrons. The molecule has 0 unspecified atom stereocenters. The van der Waals surface area contributed by atoms with Gasteiger partial charge >= 0.3 is 0 Å². The van der Waals surface area contributed by atoms with E-state index in [2.05, 4.69) is 10.3 Å². The Hall–Kier alpha value is -3.03. The molecule has 0 saturated heterocycles. The van der Waals surface area contributed by atoms with Crippen molar-refractivity contribution in [3.05, 3.63) is 66.7 Å². The molecular weight excluding hydrogens is 404 g/mol. The van der Waals surface area contributed by atoms with Crippen molar-refractivity contribution >= 4 is 44.9 Å². The van der Waals surface area contributed by atoms with Crippen molar-refractivity contribution in [3.63, 3.8) is 0 Å². The molecule has 0 fully saturated rings. The van der Waals surface area contributed by atoms with Crippen molar-refractivity contribution in [2.75, 3.05) is 18.2 Å². The van der Waals surface area contributed by atoms with Crippen LogP contribution in [0.4, 0.5) is 5.69 Å². The van der Waals surface area contributed by atoms with Crippen LogP contribution in [-0.2, 0) is 4.79 Å². The zero-order valence-electron chi connectivity index (χ0n) is 15.6. The van der Waals surface area contributed by atoms with Gasteiger partial charge in [-0.25, -0.2) is 4.98 Å². The number of methoxy groups -OCH3 is 1. The lowest BCUT2D eigenvalue weighted by atomic mass is 10.2. The molecule has 1 aromatic heterocycles. The van der Waals surface area contributed by atoms with Gasteiger partial charge in [-0.1, -0.05) is 12.1 Å². The standard InChI is InChI=1S/C22H18N2O3S2/c1-27-15-7-9-16(10-8-15)28-13-21(26)23-14-6-11-19(25)17(12-14)22-24-18-4-2-3-5-20(18)29-22/h2-12,25H,13H2,1H3,(H,23,26). The number of hydrogen-bond acceptors (Lipinski definition) is 6. The van der Waals surface area contributed by atoms with Crippen molar-refractivity contribution in [2.45, 2.75) is 4.90 Å². The summed E-state index contributed by atoms with van der Waals surface area (Å²) in [7, 11) is 1.62. The minimum atomic E-state index is -0.119. The number of aromatic nitrogens is 1. The number of para-hydroxylation sites is 1. The maximum absolute atomic E-state index is 12.4. The number of phenolic OH excluding ortho intramolecular Hbond substituents is 1. The Kier molecular flexibility index (Phi) is 5.69. The number of nitrogens with zero attached hydrogens (tertiary/aromatic N) is 1. The van der Waals surface area contributed by atoms with E-state index in [4.69, 9.17) is 4.74 Å². The Bertz CT molecular complexity index is 1120. The molecule has 0 aliphatic heterocycles. The van der Waals surface area contributed by atoms with Crippen molar-refractivity contribution in [2.24, 2.45) is 0 Å². The van der Waals surface area contributed by atoms with E-state index >= 15 is 0 Å². The minimum Gasteiger partial charge on any atom is -0.507 e. The summed E-state index contributed by atoms with van der Waals surface area (Å²) < 4.78 is 6.19. The molecule has 3 aromatic carbocycles. The third kappa shape index (κ3) is 4.52. The van der Waals surface area contributed by atoms with Crippen LogP contribution in [0.25, 0.3) is 20.8 Å². The summed E-state index contributed by atoms with van der Waals surface area (Å²) in [6.45, 7) is 0. The molecule has 0 aliphatic rings. The van der Waals surface area contributed by atoms with Crippen LogP contribution in [-0.4, -0.2) is 28.9 Å². The second kappa shape index (κ2) is 8.55. The minimum absolute atomic E-state index is 0.119. The maximum Gasteiger partial charge on any atom is 0.234 e. The first-order valence-corrected chi connectivity index (χ1v) is 10.7. The van der Waals surface area contributed by atoms with Crippen molar-refractivity contribution in [1.82, 2.24) is 4.98 Å². The lowest BCUT2D eigenvalue weighted by Crippen LogP contribution is -2.13. The zero-order valence-corrected chi connectivity index (χ0v) is 17.2. The van der Waals surface area contributed by atoms with Crippen LogP contribution in [0.1, 0.15) is 0 Å². The van der Waals surface area contributed by atoms with Crippen LogP contribution in [0.3, 0.4) is 0 Å². The summed E-state index contributed by atoms with van der Waals surface area (Å²) in [5.74, 6) is 1.08. The Morgan fingerprint density at radius 1 is 1.14 bits per heavy atom. The highest BCUT2D eigenvalue weighted by Gasteiger charge is 2.12. The van der Waals surface area contributed by atoms with Gasteiger partial charge in [0.25, 0.3) is 0 Å². The molecule has 0 aliphatic carbocycles. The lowest BCUT2D eigenvalue weighted by molar-refractivity contribution is -0.113. The molecule has 5 nitrogen and oxygen atoms in total. The van der Waals surface area contributed by atoms with Crippen LogP contribution in [0, 0.1) is 0 Å². The molecule has 0 spiro atoms. The maximum atomic E-state index is 12.4. The molecule has 0 atom stereocenters. The SMILES string of the molecule is COc1ccc(SCC(=O)Nc2ccc(O)c(-c3nc4ccccc4s3)c2)cc1. The Balaban J connectivity index is 1.46. The fraction of sp³-hybridized carbons (Fsp3) is 0.0909. The number of nitrogens with one attached hydrogen (secondary N) is 1. The van der Waals surface area contributed by atoms with Gasteiger partial charge in [0.15, 0.2) is 0 Å². The van der Waals surface area contributed by atoms with E-state index in [1.54, 1.807) is 25.3 Å². The first kappa shape index (κ1) is 19.3. The number of anilines is 1. The summed E-state index contributed by atoms with van der Waals surface area (Å²) in [6, 6.07) is 20.4. The molecule has 7 heteroatoms. The second-order valence-electron chi connectivity index (χ2n) is 6.23. The fourth-order valence-corrected chi connectivity index (χ4v) is 4.48. The summed E-state index contributed by atoms with van der Waals surface area (Å²) in [6.07, 6.45) is 0. The molecule has 1 heterocycles. The third-order valence-corrected chi connectivity index (χ3v) is 6.32. The summed E-state index contributed by atoms with van der Waals surface area (Å²) >= 11 is 2.95. The quantitative estimate of drug-likeness (QED) is 0.321. The fourth-order valence-electron chi connectivity index (χ4n) is 2.79. The van der Waals surface area contributed by atoms with Crippen molar-refractivity contribution in [3.8, 4) is 22.1 Å². The van der Waals surface area contributed by atoms with E-state index in [9.17, 15) is 9.90 Å². The van der Waals surface area contributed by atoms with Crippen LogP contribution in [0.5, 0.6) is 11.5 Å². The smallest absolute Gasteiger partial charge is 0.234 e. The van der Waals surface area contributed by atoms with Crippen LogP contribution in [0.15, 0.2) is 71.6 Å². The predicted molar refractivity (Wildman–Crippen MR) is 119 cm³/mol. The molecule has 4 aromatic rings. The van der Waals surface area contributed by atoms with Gasteiger partial charge in [0.05, 0.1) is 28.6 Å². The highest BCUT2D eigenvalue weighted by atomic mass is 32.2. The summed E-state index contributed by atoms with van der Waals surface area (Å²) in [5, 5.41) is 13.9. The third-order valence-electron chi connectivity index (χ3n) is 4.23. The number of fused-ring (bicyclic) bond motifs is 1. The number of thiazole rings is 1. The van der Waals surface area contributed by atoms with Gasteiger partial charge in [0.2, 0.25) is 5.91 Å². The molecule has 2 N–H and O–H groups in total. The lowest BCUT2D eigenvalue weighted by Gasteiger charge is -2.08. The Labute approximate surface area is 176 Å². The monoisotopic (exact) mass is 422 g/mol. The highest BCUT2D eigenvalue weighted by Crippen LogP contribution is 2.36. The largest absolute Gasteiger partial charge is 0.507 e. The molecule has 0 saturated carbocycles. The zero-order chi connectivity index (χ0) is 20.2. The summed E-state index contributed by atoms with van der Waals surface area (Å²) in [4.78, 5) is 17.9. The topological polar surface area (TPSA) is 71.5 Å². The molecule has 0 bridgehead atoms. The number of amides is 1. The number of hydrogen-bond donors (Lipinski definition) is 2. The van der Waals surface area contributed by atoms with E-state index in [0.29, 0.717) is 16.3 Å². The number of carbonyl (C=O) groups excluding carboxylic acids is 1. The number of aromatic hydroxyl groups is 1. The number of thioether (sulfide) groups is 1. The molecule has 1 amide bonds. The van der Waals surface area contributed by atoms with Crippen LogP contribution >= 0.6 is 23.1 Å². The first-order chi connectivity index (χ1) is 14.1. The molecule has 29 heavy (non-hydrogen) atoms. The number of ether oxygens (including phenoxy) is 1. The van der Waals surface area contributed by atoms with Gasteiger partial charge in [-0.05, 0) is 54.6 Å². The normalized spacial score (nSPS) is 10.8. The highest BCUT2D eigenvalue weighted by molar-refractivity contribution is 8.00. The van der Waals surface area contributed by atoms with Gasteiger partial charge in [-0.15, -0.1) is 23.1 Å². The second-order valence-corrected chi connectivity index (χ2v) is 8.31. The number of benzene rings is 3. The Morgan fingerprint density at radius 3 is 2.69 bits per heavy atom. The van der Waals surface area contributed by atoms with E-state index in [-0.39, 0.29) is 17.4 Å². The number of rotatable bonds is 6. The average molecular weight is 423 g/mol. The molecule has 4 rings (SSSR count). The summed E-state index contributed by atoms with van der Waals surface area (Å²) in [5.41, 5.74) is 2.11. The number of carbonyl (C=O) groups is 1. The predicted octanol–water partition coefficient (Wildman–Crippen LogP) is 5.41. The molecular formula is C22H18N2O3S2. The van der Waals surface area contributed by atoms with Gasteiger partial charge in [-0.3, -0.25) is 4.79 Å². The van der Waals surface area contributed by atoms with Crippen molar-refractivity contribution in [1.29, 1.82) is 0 Å². The van der Waals surface area contributed by atoms with Crippen LogP contribution in [0.2, 0.25) is 0 Å². The van der Waals surface area contributed by atoms with Gasteiger partial charge in [0, 0.05) is 10.6 Å². The van der Waals surface area contributed by atoms with E-state index < -0.39 is 0 Å². The van der Waals surface area contributed by atoms with E-state index in [0.717, 1.165) is 20.9 Å². The van der Waals surface area contributed by atoms with E-state index in [1.807, 2.05) is 48.5 Å². The van der Waals surface area contributed by atoms with Gasteiger partial charge < -0.3 is 15.2 Å². The first-order valence-electron chi connectivity index (χ1n) is 8.88. The van der Waals surface area contributed by atoms with Crippen molar-refractivity contribution < 1.29 is 14.6 Å². The number of phenols is 1. The van der Waals surface area contributed by atoms with E-state index in [1.165, 1.54) is 23.1 Å². The van der Waals surface area contributed by atoms with Gasteiger partial charge in [0.1, 0.15) is 16.5 Å².